The van der Waals surface area contributed by atoms with Gasteiger partial charge in [0.15, 0.2) is 17.3 Å². The van der Waals surface area contributed by atoms with E-state index in [0.29, 0.717) is 59.6 Å². The van der Waals surface area contributed by atoms with Crippen LogP contribution in [-0.4, -0.2) is 63.2 Å². The van der Waals surface area contributed by atoms with Gasteiger partial charge in [-0.1, -0.05) is 45.6 Å². The number of benzene rings is 1. The van der Waals surface area contributed by atoms with Crippen molar-refractivity contribution in [3.63, 3.8) is 0 Å². The molecule has 0 spiro atoms. The Morgan fingerprint density at radius 3 is 2.76 bits per heavy atom. The third-order valence-electron chi connectivity index (χ3n) is 6.56. The maximum atomic E-state index is 15.4. The molecule has 1 aliphatic rings. The summed E-state index contributed by atoms with van der Waals surface area (Å²) in [5.41, 5.74) is 1.83. The van der Waals surface area contributed by atoms with E-state index < -0.39 is 20.0 Å². The van der Waals surface area contributed by atoms with Crippen LogP contribution in [-0.2, 0) is 16.1 Å². The second kappa shape index (κ2) is 10.3. The fourth-order valence-electron chi connectivity index (χ4n) is 4.28. The number of rotatable bonds is 9. The molecule has 5 rings (SSSR count). The van der Waals surface area contributed by atoms with Gasteiger partial charge in [-0.15, -0.1) is 0 Å². The zero-order chi connectivity index (χ0) is 27.0. The zero-order valence-corrected chi connectivity index (χ0v) is 23.2. The molecule has 1 atom stereocenters. The molecule has 1 fully saturated rings. The molecule has 0 saturated carbocycles. The largest absolute Gasteiger partial charge is 0.447 e. The van der Waals surface area contributed by atoms with Crippen molar-refractivity contribution in [3.8, 4) is 22.5 Å². The first-order valence-corrected chi connectivity index (χ1v) is 16.4. The molecule has 1 saturated heterocycles. The van der Waals surface area contributed by atoms with E-state index >= 15 is 4.39 Å². The average molecular weight is 538 g/mol. The Morgan fingerprint density at radius 2 is 2.03 bits per heavy atom. The lowest BCUT2D eigenvalue weighted by atomic mass is 10.0. The Bertz CT molecular complexity index is 1460. The van der Waals surface area contributed by atoms with Crippen molar-refractivity contribution < 1.29 is 18.7 Å². The molecule has 1 aromatic carbocycles. The van der Waals surface area contributed by atoms with Crippen LogP contribution in [0, 0.1) is 11.7 Å². The summed E-state index contributed by atoms with van der Waals surface area (Å²) in [7, 11) is -1.16. The molecule has 1 amide bonds. The lowest BCUT2D eigenvalue weighted by Crippen LogP contribution is -2.37. The van der Waals surface area contributed by atoms with Crippen molar-refractivity contribution >= 4 is 25.6 Å². The summed E-state index contributed by atoms with van der Waals surface area (Å²) in [5, 5.41) is 11.4. The Hall–Kier alpha value is -3.64. The second-order valence-corrected chi connectivity index (χ2v) is 16.7. The third-order valence-corrected chi connectivity index (χ3v) is 8.27. The van der Waals surface area contributed by atoms with Crippen LogP contribution in [0.5, 0.6) is 0 Å². The van der Waals surface area contributed by atoms with Crippen molar-refractivity contribution in [2.75, 3.05) is 18.1 Å². The van der Waals surface area contributed by atoms with Crippen molar-refractivity contribution in [2.45, 2.75) is 52.2 Å². The van der Waals surface area contributed by atoms with Crippen LogP contribution in [0.2, 0.25) is 25.7 Å². The van der Waals surface area contributed by atoms with Crippen LogP contribution in [0.1, 0.15) is 19.7 Å². The number of cyclic esters (lactones) is 1. The van der Waals surface area contributed by atoms with Crippen molar-refractivity contribution in [1.82, 2.24) is 29.8 Å². The number of hydrogen-bond donors (Lipinski definition) is 1. The predicted octanol–water partition coefficient (Wildman–Crippen LogP) is 5.16. The molecular formula is C26H32FN7O3Si. The number of aromatic nitrogens is 6. The Labute approximate surface area is 221 Å². The van der Waals surface area contributed by atoms with Gasteiger partial charge in [-0.3, -0.25) is 10.00 Å². The first kappa shape index (κ1) is 26.0. The molecule has 0 aliphatic carbocycles. The normalized spacial score (nSPS) is 16.1. The van der Waals surface area contributed by atoms with Crippen LogP contribution in [0.15, 0.2) is 36.7 Å². The van der Waals surface area contributed by atoms with E-state index in [1.54, 1.807) is 40.0 Å². The molecule has 4 heterocycles. The van der Waals surface area contributed by atoms with Gasteiger partial charge in [-0.25, -0.2) is 23.7 Å². The molecule has 0 radical (unpaired) electrons. The maximum absolute atomic E-state index is 15.4. The highest BCUT2D eigenvalue weighted by atomic mass is 28.3. The minimum Gasteiger partial charge on any atom is -0.447 e. The highest BCUT2D eigenvalue weighted by Gasteiger charge is 2.37. The summed E-state index contributed by atoms with van der Waals surface area (Å²) in [4.78, 5) is 23.1. The number of nitrogens with one attached hydrogen (secondary N) is 1. The first-order chi connectivity index (χ1) is 18.1. The van der Waals surface area contributed by atoms with Crippen molar-refractivity contribution in [2.24, 2.45) is 5.92 Å². The van der Waals surface area contributed by atoms with E-state index in [1.165, 1.54) is 6.07 Å². The van der Waals surface area contributed by atoms with Gasteiger partial charge in [0.05, 0.1) is 12.2 Å². The van der Waals surface area contributed by atoms with E-state index in [9.17, 15) is 4.79 Å². The van der Waals surface area contributed by atoms with E-state index in [1.807, 2.05) is 13.8 Å². The topological polar surface area (TPSA) is 111 Å². The van der Waals surface area contributed by atoms with E-state index in [4.69, 9.17) is 9.47 Å². The zero-order valence-electron chi connectivity index (χ0n) is 22.2. The predicted molar refractivity (Wildman–Crippen MR) is 144 cm³/mol. The van der Waals surface area contributed by atoms with Crippen molar-refractivity contribution in [1.29, 1.82) is 0 Å². The fraction of sp³-hybridized carbons (Fsp3) is 0.423. The van der Waals surface area contributed by atoms with E-state index in [-0.39, 0.29) is 12.0 Å². The Kier molecular flexibility index (Phi) is 7.01. The molecule has 1 N–H and O–H groups in total. The van der Waals surface area contributed by atoms with E-state index in [0.717, 1.165) is 6.04 Å². The highest BCUT2D eigenvalue weighted by Crippen LogP contribution is 2.31. The third kappa shape index (κ3) is 5.32. The fourth-order valence-corrected chi connectivity index (χ4v) is 5.04. The number of halogens is 1. The summed E-state index contributed by atoms with van der Waals surface area (Å²) >= 11 is 0. The molecule has 3 aromatic heterocycles. The Balaban J connectivity index is 1.37. The number of carbonyl (C=O) groups excluding carboxylic acids is 1. The lowest BCUT2D eigenvalue weighted by molar-refractivity contribution is 0.127. The van der Waals surface area contributed by atoms with Gasteiger partial charge in [0.1, 0.15) is 24.8 Å². The minimum absolute atomic E-state index is 0.128. The molecule has 38 heavy (non-hydrogen) atoms. The van der Waals surface area contributed by atoms with Crippen LogP contribution in [0.25, 0.3) is 28.2 Å². The molecule has 0 unspecified atom stereocenters. The van der Waals surface area contributed by atoms with Crippen LogP contribution >= 0.6 is 0 Å². The first-order valence-electron chi connectivity index (χ1n) is 12.7. The molecule has 1 aliphatic heterocycles. The van der Waals surface area contributed by atoms with Crippen LogP contribution in [0.3, 0.4) is 0 Å². The average Bonchev–Trinajstić information content (AvgIpc) is 3.59. The number of fused-ring (bicyclic) bond motifs is 1. The highest BCUT2D eigenvalue weighted by molar-refractivity contribution is 6.76. The number of nitrogens with zero attached hydrogens (tertiary/aromatic N) is 6. The SMILES string of the molecule is CC(C)[C@H]1COC(=O)N1c1ccn2ncc(-c3ccc(-c4n[nH]c(COCC[Si](C)(C)C)n4)cc3F)c2n1. The molecule has 10 nitrogen and oxygen atoms in total. The summed E-state index contributed by atoms with van der Waals surface area (Å²) in [6.45, 7) is 12.3. The minimum atomic E-state index is -1.16. The smallest absolute Gasteiger partial charge is 0.415 e. The number of ether oxygens (including phenoxy) is 2. The molecule has 4 aromatic rings. The number of carbonyl (C=O) groups is 1. The van der Waals surface area contributed by atoms with Crippen LogP contribution in [0.4, 0.5) is 15.0 Å². The monoisotopic (exact) mass is 537 g/mol. The number of aromatic amines is 1. The number of amides is 1. The summed E-state index contributed by atoms with van der Waals surface area (Å²) in [6.07, 6.45) is 2.83. The van der Waals surface area contributed by atoms with Gasteiger partial charge >= 0.3 is 6.09 Å². The van der Waals surface area contributed by atoms with Gasteiger partial charge in [0.2, 0.25) is 0 Å². The molecule has 0 bridgehead atoms. The summed E-state index contributed by atoms with van der Waals surface area (Å²) in [6, 6.07) is 7.47. The van der Waals surface area contributed by atoms with Gasteiger partial charge < -0.3 is 9.47 Å². The van der Waals surface area contributed by atoms with E-state index in [2.05, 4.69) is 44.9 Å². The van der Waals surface area contributed by atoms with Gasteiger partial charge in [0.25, 0.3) is 0 Å². The quantitative estimate of drug-likeness (QED) is 0.232. The molecule has 12 heteroatoms. The lowest BCUT2D eigenvalue weighted by Gasteiger charge is -2.23. The number of anilines is 1. The number of H-pyrrole nitrogens is 1. The Morgan fingerprint density at radius 1 is 1.21 bits per heavy atom. The standard InChI is InChI=1S/C26H32FN7O3Si/c1-16(2)21-14-37-26(35)34(21)23-8-9-33-25(30-23)19(13-28-33)18-7-6-17(12-20(18)27)24-29-22(31-32-24)15-36-10-11-38(3,4)5/h6-9,12-13,16,21H,10-11,14-15H2,1-5H3,(H,29,31,32)/t21-/m1/s1. The second-order valence-electron chi connectivity index (χ2n) is 11.0. The van der Waals surface area contributed by atoms with Gasteiger partial charge in [0, 0.05) is 37.6 Å². The molecular weight excluding hydrogens is 505 g/mol. The summed E-state index contributed by atoms with van der Waals surface area (Å²) in [5.74, 6) is 1.16. The van der Waals surface area contributed by atoms with Gasteiger partial charge in [-0.2, -0.15) is 10.2 Å². The maximum Gasteiger partial charge on any atom is 0.415 e. The van der Waals surface area contributed by atoms with Crippen molar-refractivity contribution in [3.05, 3.63) is 48.3 Å². The van der Waals surface area contributed by atoms with Crippen LogP contribution < -0.4 is 4.90 Å². The molecule has 200 valence electrons. The summed E-state index contributed by atoms with van der Waals surface area (Å²) < 4.78 is 27.9. The van der Waals surface area contributed by atoms with Gasteiger partial charge in [-0.05, 0) is 24.1 Å². The number of hydrogen-bond acceptors (Lipinski definition) is 7.